The fraction of sp³-hybridized carbons (Fsp3) is 0.429. The average Bonchev–Trinajstić information content (AvgIpc) is 2.74. The molecule has 0 aliphatic carbocycles. The molecule has 114 valence electrons. The summed E-state index contributed by atoms with van der Waals surface area (Å²) in [6.07, 6.45) is 1.41. The third-order valence-corrected chi connectivity index (χ3v) is 5.19. The Bertz CT molecular complexity index is 770. The number of fused-ring (bicyclic) bond motifs is 3. The number of benzene rings is 1. The second kappa shape index (κ2) is 5.72. The van der Waals surface area contributed by atoms with Crippen LogP contribution in [0.2, 0.25) is 0 Å². The van der Waals surface area contributed by atoms with E-state index in [1.807, 2.05) is 6.07 Å². The molecule has 1 aliphatic rings. The Morgan fingerprint density at radius 2 is 2.19 bits per heavy atom. The first-order valence-corrected chi connectivity index (χ1v) is 9.29. The number of halogens is 1. The third-order valence-electron chi connectivity index (χ3n) is 3.89. The largest absolute Gasteiger partial charge is 0.357 e. The fourth-order valence-electron chi connectivity index (χ4n) is 2.93. The van der Waals surface area contributed by atoms with Crippen molar-refractivity contribution in [2.75, 3.05) is 18.8 Å². The molecule has 2 aromatic rings. The second-order valence-corrected chi connectivity index (χ2v) is 7.93. The topological polar surface area (TPSA) is 73.4 Å². The van der Waals surface area contributed by atoms with E-state index in [1.54, 1.807) is 0 Å². The molecule has 0 fully saturated rings. The van der Waals surface area contributed by atoms with Gasteiger partial charge in [-0.25, -0.2) is 0 Å². The average molecular weight is 373 g/mol. The van der Waals surface area contributed by atoms with Crippen molar-refractivity contribution in [3.63, 3.8) is 0 Å². The van der Waals surface area contributed by atoms with Crippen molar-refractivity contribution in [1.29, 1.82) is 0 Å². The molecule has 1 aliphatic heterocycles. The molecular weight excluding hydrogens is 356 g/mol. The van der Waals surface area contributed by atoms with Crippen LogP contribution in [0, 0.1) is 0 Å². The van der Waals surface area contributed by atoms with E-state index in [2.05, 4.69) is 37.9 Å². The summed E-state index contributed by atoms with van der Waals surface area (Å²) in [5.41, 5.74) is 3.71. The summed E-state index contributed by atoms with van der Waals surface area (Å²) in [6, 6.07) is 6.23. The number of aromatic nitrogens is 1. The van der Waals surface area contributed by atoms with Gasteiger partial charge in [0.2, 0.25) is 0 Å². The van der Waals surface area contributed by atoms with Gasteiger partial charge in [0.25, 0.3) is 10.1 Å². The Kier molecular flexibility index (Phi) is 4.09. The third kappa shape index (κ3) is 3.48. The van der Waals surface area contributed by atoms with Crippen LogP contribution < -0.4 is 0 Å². The normalized spacial score (nSPS) is 16.3. The molecular formula is C14H17BrN2O3S. The van der Waals surface area contributed by atoms with Gasteiger partial charge >= 0.3 is 0 Å². The van der Waals surface area contributed by atoms with Crippen molar-refractivity contribution in [1.82, 2.24) is 9.88 Å². The maximum absolute atomic E-state index is 10.7. The zero-order valence-corrected chi connectivity index (χ0v) is 13.9. The first kappa shape index (κ1) is 15.0. The first-order valence-electron chi connectivity index (χ1n) is 6.89. The van der Waals surface area contributed by atoms with E-state index in [9.17, 15) is 8.42 Å². The summed E-state index contributed by atoms with van der Waals surface area (Å²) in [4.78, 5) is 5.67. The SMILES string of the molecule is O=S(=O)(O)CCCN1CCc2c([nH]c3ccc(Br)cc23)C1. The van der Waals surface area contributed by atoms with Crippen molar-refractivity contribution in [3.8, 4) is 0 Å². The number of H-pyrrole nitrogens is 1. The van der Waals surface area contributed by atoms with E-state index >= 15 is 0 Å². The van der Waals surface area contributed by atoms with E-state index in [4.69, 9.17) is 4.55 Å². The predicted molar refractivity (Wildman–Crippen MR) is 86.0 cm³/mol. The number of aromatic amines is 1. The van der Waals surface area contributed by atoms with Gasteiger partial charge in [-0.2, -0.15) is 8.42 Å². The molecule has 7 heteroatoms. The Labute approximate surface area is 132 Å². The minimum atomic E-state index is -3.85. The predicted octanol–water partition coefficient (Wildman–Crippen LogP) is 2.57. The van der Waals surface area contributed by atoms with Crippen molar-refractivity contribution in [3.05, 3.63) is 33.9 Å². The van der Waals surface area contributed by atoms with Gasteiger partial charge in [0, 0.05) is 34.2 Å². The highest BCUT2D eigenvalue weighted by Crippen LogP contribution is 2.29. The summed E-state index contributed by atoms with van der Waals surface area (Å²) in [7, 11) is -3.85. The van der Waals surface area contributed by atoms with Crippen LogP contribution in [0.3, 0.4) is 0 Å². The maximum Gasteiger partial charge on any atom is 0.264 e. The van der Waals surface area contributed by atoms with Crippen molar-refractivity contribution in [2.24, 2.45) is 0 Å². The van der Waals surface area contributed by atoms with Crippen LogP contribution in [0.15, 0.2) is 22.7 Å². The smallest absolute Gasteiger partial charge is 0.264 e. The molecule has 0 saturated heterocycles. The van der Waals surface area contributed by atoms with Crippen LogP contribution in [0.4, 0.5) is 0 Å². The van der Waals surface area contributed by atoms with Crippen molar-refractivity contribution in [2.45, 2.75) is 19.4 Å². The molecule has 3 rings (SSSR count). The Balaban J connectivity index is 1.72. The van der Waals surface area contributed by atoms with Crippen molar-refractivity contribution < 1.29 is 13.0 Å². The standard InChI is InChI=1S/C14H17BrN2O3S/c15-10-2-3-13-12(8-10)11-4-6-17(9-14(11)16-13)5-1-7-21(18,19)20/h2-3,8,16H,1,4-7,9H2,(H,18,19,20). The van der Waals surface area contributed by atoms with Gasteiger partial charge in [-0.3, -0.25) is 9.45 Å². The summed E-state index contributed by atoms with van der Waals surface area (Å²) in [6.45, 7) is 2.39. The molecule has 0 radical (unpaired) electrons. The van der Waals surface area contributed by atoms with Gasteiger partial charge in [0.1, 0.15) is 0 Å². The molecule has 5 nitrogen and oxygen atoms in total. The number of nitrogens with zero attached hydrogens (tertiary/aromatic N) is 1. The molecule has 0 saturated carbocycles. The van der Waals surface area contributed by atoms with E-state index in [0.717, 1.165) is 29.5 Å². The molecule has 1 aromatic carbocycles. The molecule has 1 aromatic heterocycles. The van der Waals surface area contributed by atoms with Gasteiger partial charge in [0.05, 0.1) is 5.75 Å². The van der Waals surface area contributed by atoms with E-state index in [1.165, 1.54) is 16.6 Å². The van der Waals surface area contributed by atoms with Gasteiger partial charge in [-0.15, -0.1) is 0 Å². The molecule has 21 heavy (non-hydrogen) atoms. The lowest BCUT2D eigenvalue weighted by molar-refractivity contribution is 0.252. The molecule has 0 unspecified atom stereocenters. The highest BCUT2D eigenvalue weighted by molar-refractivity contribution is 9.10. The van der Waals surface area contributed by atoms with Crippen molar-refractivity contribution >= 4 is 37.0 Å². The Morgan fingerprint density at radius 3 is 2.95 bits per heavy atom. The van der Waals surface area contributed by atoms with Gasteiger partial charge in [0.15, 0.2) is 0 Å². The molecule has 0 bridgehead atoms. The highest BCUT2D eigenvalue weighted by Gasteiger charge is 2.20. The zero-order chi connectivity index (χ0) is 15.0. The summed E-state index contributed by atoms with van der Waals surface area (Å²) >= 11 is 3.50. The first-order chi connectivity index (χ1) is 9.92. The monoisotopic (exact) mass is 372 g/mol. The lowest BCUT2D eigenvalue weighted by Crippen LogP contribution is -2.32. The second-order valence-electron chi connectivity index (χ2n) is 5.44. The van der Waals surface area contributed by atoms with Crippen LogP contribution in [-0.2, 0) is 23.1 Å². The lowest BCUT2D eigenvalue weighted by Gasteiger charge is -2.26. The van der Waals surface area contributed by atoms with Gasteiger partial charge < -0.3 is 4.98 Å². The summed E-state index contributed by atoms with van der Waals surface area (Å²) in [5, 5.41) is 1.26. The van der Waals surface area contributed by atoms with Crippen LogP contribution in [0.5, 0.6) is 0 Å². The summed E-state index contributed by atoms with van der Waals surface area (Å²) in [5.74, 6) is -0.171. The van der Waals surface area contributed by atoms with Crippen LogP contribution in [0.25, 0.3) is 10.9 Å². The van der Waals surface area contributed by atoms with E-state index < -0.39 is 10.1 Å². The molecule has 0 atom stereocenters. The minimum absolute atomic E-state index is 0.171. The molecule has 2 heterocycles. The quantitative estimate of drug-likeness (QED) is 0.808. The minimum Gasteiger partial charge on any atom is -0.357 e. The van der Waals surface area contributed by atoms with Crippen LogP contribution in [-0.4, -0.2) is 41.7 Å². The Hall–Kier alpha value is -0.890. The number of hydrogen-bond acceptors (Lipinski definition) is 3. The van der Waals surface area contributed by atoms with E-state index in [0.29, 0.717) is 13.0 Å². The Morgan fingerprint density at radius 1 is 1.38 bits per heavy atom. The zero-order valence-electron chi connectivity index (χ0n) is 11.5. The van der Waals surface area contributed by atoms with Gasteiger partial charge in [-0.1, -0.05) is 15.9 Å². The molecule has 2 N–H and O–H groups in total. The lowest BCUT2D eigenvalue weighted by atomic mass is 10.0. The van der Waals surface area contributed by atoms with E-state index in [-0.39, 0.29) is 5.75 Å². The fourth-order valence-corrected chi connectivity index (χ4v) is 3.79. The number of hydrogen-bond donors (Lipinski definition) is 2. The van der Waals surface area contributed by atoms with Gasteiger partial charge in [-0.05, 0) is 43.1 Å². The van der Waals surface area contributed by atoms with Crippen LogP contribution >= 0.6 is 15.9 Å². The summed E-state index contributed by atoms with van der Waals surface area (Å²) < 4.78 is 31.3. The maximum atomic E-state index is 10.7. The highest BCUT2D eigenvalue weighted by atomic mass is 79.9. The molecule has 0 amide bonds. The number of rotatable bonds is 4. The number of nitrogens with one attached hydrogen (secondary N) is 1. The molecule has 0 spiro atoms. The van der Waals surface area contributed by atoms with Crippen LogP contribution in [0.1, 0.15) is 17.7 Å².